The van der Waals surface area contributed by atoms with Gasteiger partial charge in [-0.2, -0.15) is 4.90 Å². The number of imide groups is 3. The van der Waals surface area contributed by atoms with Crippen LogP contribution < -0.4 is 10.6 Å². The lowest BCUT2D eigenvalue weighted by molar-refractivity contribution is -0.137. The first-order valence-corrected chi connectivity index (χ1v) is 13.7. The summed E-state index contributed by atoms with van der Waals surface area (Å²) in [5.41, 5.74) is 7.14. The number of rotatable bonds is 3. The maximum Gasteiger partial charge on any atom is 0.328 e. The first-order valence-electron chi connectivity index (χ1n) is 12.0. The fourth-order valence-electron chi connectivity index (χ4n) is 5.07. The fraction of sp³-hybridized carbons (Fsp3) is 0.480. The number of urea groups is 1. The molecule has 2 N–H and O–H groups in total. The zero-order valence-corrected chi connectivity index (χ0v) is 22.4. The predicted octanol–water partition coefficient (Wildman–Crippen LogP) is 1.74. The topological polar surface area (TPSA) is 132 Å². The number of carbonyl (C=O) groups excluding carboxylic acids is 4. The normalized spacial score (nSPS) is 23.7. The largest absolute Gasteiger partial charge is 0.378 e. The number of carbonyl (C=O) groups is 4. The predicted molar refractivity (Wildman–Crippen MR) is 138 cm³/mol. The monoisotopic (exact) mass is 544 g/mol. The fourth-order valence-corrected chi connectivity index (χ4v) is 7.84. The van der Waals surface area contributed by atoms with Crippen molar-refractivity contribution in [2.24, 2.45) is 11.7 Å². The Kier molecular flexibility index (Phi) is 6.53. The molecule has 4 heterocycles. The van der Waals surface area contributed by atoms with Gasteiger partial charge < -0.3 is 15.4 Å². The molecule has 3 atom stereocenters. The number of benzene rings is 1. The number of primary amides is 1. The number of nitrogens with zero attached hydrogens (tertiary/aromatic N) is 3. The zero-order valence-electron chi connectivity index (χ0n) is 20.8. The van der Waals surface area contributed by atoms with Crippen molar-refractivity contribution in [3.63, 3.8) is 0 Å². The lowest BCUT2D eigenvalue weighted by Crippen LogP contribution is -2.43. The van der Waals surface area contributed by atoms with Crippen LogP contribution in [-0.4, -0.2) is 69.7 Å². The number of hydrogen-bond acceptors (Lipinski definition) is 8. The Bertz CT molecular complexity index is 1340. The minimum absolute atomic E-state index is 0.0927. The van der Waals surface area contributed by atoms with Crippen molar-refractivity contribution in [1.82, 2.24) is 14.4 Å². The Morgan fingerprint density at radius 2 is 1.70 bits per heavy atom. The highest BCUT2D eigenvalue weighted by Gasteiger charge is 2.57. The van der Waals surface area contributed by atoms with Gasteiger partial charge in [0, 0.05) is 23.9 Å². The average Bonchev–Trinajstić information content (AvgIpc) is 3.30. The van der Waals surface area contributed by atoms with Gasteiger partial charge in [0.15, 0.2) is 0 Å². The average molecular weight is 545 g/mol. The number of thioether (sulfide) groups is 1. The van der Waals surface area contributed by atoms with Crippen LogP contribution in [0, 0.1) is 5.92 Å². The minimum Gasteiger partial charge on any atom is -0.378 e. The van der Waals surface area contributed by atoms with Gasteiger partial charge in [-0.15, -0.1) is 0 Å². The van der Waals surface area contributed by atoms with Gasteiger partial charge in [0.25, 0.3) is 5.91 Å². The number of thiazole rings is 1. The second-order valence-corrected chi connectivity index (χ2v) is 12.5. The summed E-state index contributed by atoms with van der Waals surface area (Å²) in [5.74, 6) is -3.10. The molecule has 10 nitrogen and oxygen atoms in total. The van der Waals surface area contributed by atoms with E-state index in [-0.39, 0.29) is 22.7 Å². The van der Waals surface area contributed by atoms with E-state index in [4.69, 9.17) is 10.5 Å². The Morgan fingerprint density at radius 1 is 1.05 bits per heavy atom. The molecule has 2 aromatic rings. The summed E-state index contributed by atoms with van der Waals surface area (Å²) in [5, 5.41) is -0.450. The van der Waals surface area contributed by atoms with Crippen LogP contribution in [0.1, 0.15) is 42.7 Å². The zero-order chi connectivity index (χ0) is 26.6. The lowest BCUT2D eigenvalue weighted by Gasteiger charge is -2.31. The highest BCUT2D eigenvalue weighted by atomic mass is 32.2. The van der Waals surface area contributed by atoms with Gasteiger partial charge in [0.2, 0.25) is 11.8 Å². The van der Waals surface area contributed by atoms with Crippen LogP contribution in [0.4, 0.5) is 4.79 Å². The number of morpholine rings is 1. The van der Waals surface area contributed by atoms with E-state index in [1.54, 1.807) is 4.90 Å². The summed E-state index contributed by atoms with van der Waals surface area (Å²) >= 11 is 2.03. The van der Waals surface area contributed by atoms with Crippen molar-refractivity contribution in [2.75, 3.05) is 26.3 Å². The second kappa shape index (κ2) is 9.41. The summed E-state index contributed by atoms with van der Waals surface area (Å²) in [6, 6.07) is 6.64. The summed E-state index contributed by atoms with van der Waals surface area (Å²) in [6.45, 7) is 7.87. The third-order valence-corrected chi connectivity index (χ3v) is 9.67. The van der Waals surface area contributed by atoms with Crippen LogP contribution in [0.15, 0.2) is 34.1 Å². The van der Waals surface area contributed by atoms with E-state index in [0.29, 0.717) is 41.1 Å². The Hall–Kier alpha value is -2.96. The van der Waals surface area contributed by atoms with E-state index in [1.165, 1.54) is 4.57 Å². The molecule has 1 aromatic carbocycles. The van der Waals surface area contributed by atoms with Gasteiger partial charge in [0.05, 0.1) is 24.2 Å². The molecule has 3 aliphatic rings. The molecule has 5 rings (SSSR count). The van der Waals surface area contributed by atoms with Crippen molar-refractivity contribution in [3.8, 4) is 0 Å². The van der Waals surface area contributed by atoms with Gasteiger partial charge in [0.1, 0.15) is 11.8 Å². The van der Waals surface area contributed by atoms with Crippen LogP contribution in [0.2, 0.25) is 0 Å². The standard InChI is InChI=1S/C25H28N4O6S2/c1-25(2,3)14-6-4-13(5-7-14)16-17-18(21(32)29(20(17)31)23(26)33)36-22-19(16)37-24(34)28(22)12-15(30)27-8-10-35-11-9-27/h4-7,16-18H,8-12H2,1-3H3,(H2,26,33)/t16-,17?,18?/m0/s1. The quantitative estimate of drug-likeness (QED) is 0.582. The number of fused-ring (bicyclic) bond motifs is 2. The molecule has 0 aliphatic carbocycles. The van der Waals surface area contributed by atoms with Crippen molar-refractivity contribution in [2.45, 2.75) is 48.9 Å². The van der Waals surface area contributed by atoms with E-state index >= 15 is 0 Å². The highest BCUT2D eigenvalue weighted by Crippen LogP contribution is 2.53. The highest BCUT2D eigenvalue weighted by molar-refractivity contribution is 8.00. The molecule has 196 valence electrons. The van der Waals surface area contributed by atoms with Crippen LogP contribution >= 0.6 is 23.1 Å². The Labute approximate surface area is 221 Å². The van der Waals surface area contributed by atoms with Gasteiger partial charge >= 0.3 is 10.9 Å². The molecule has 3 aliphatic heterocycles. The Morgan fingerprint density at radius 3 is 2.30 bits per heavy atom. The van der Waals surface area contributed by atoms with Gasteiger partial charge in [-0.1, -0.05) is 68.1 Å². The van der Waals surface area contributed by atoms with Gasteiger partial charge in [-0.05, 0) is 16.5 Å². The van der Waals surface area contributed by atoms with Crippen molar-refractivity contribution < 1.29 is 23.9 Å². The SMILES string of the molecule is CC(C)(C)c1ccc([C@@H]2c3sc(=O)n(CC(=O)N4CCOCC4)c3SC3C(=O)N(C(N)=O)C(=O)C32)cc1. The molecule has 1 aromatic heterocycles. The summed E-state index contributed by atoms with van der Waals surface area (Å²) in [6.07, 6.45) is 0. The first kappa shape index (κ1) is 25.7. The molecule has 0 bridgehead atoms. The molecule has 0 saturated carbocycles. The van der Waals surface area contributed by atoms with Crippen molar-refractivity contribution >= 4 is 46.9 Å². The first-order chi connectivity index (χ1) is 17.5. The molecule has 2 unspecified atom stereocenters. The molecule has 37 heavy (non-hydrogen) atoms. The van der Waals surface area contributed by atoms with Gasteiger partial charge in [-0.3, -0.25) is 23.7 Å². The van der Waals surface area contributed by atoms with E-state index in [1.807, 2.05) is 24.3 Å². The number of nitrogens with two attached hydrogens (primary N) is 1. The maximum absolute atomic E-state index is 13.3. The summed E-state index contributed by atoms with van der Waals surface area (Å²) < 4.78 is 6.70. The molecule has 2 fully saturated rings. The van der Waals surface area contributed by atoms with E-state index in [9.17, 15) is 24.0 Å². The number of hydrogen-bond donors (Lipinski definition) is 1. The van der Waals surface area contributed by atoms with E-state index < -0.39 is 34.9 Å². The molecule has 2 saturated heterocycles. The van der Waals surface area contributed by atoms with Gasteiger partial charge in [-0.25, -0.2) is 4.79 Å². The van der Waals surface area contributed by atoms with Crippen LogP contribution in [-0.2, 0) is 31.1 Å². The van der Waals surface area contributed by atoms with E-state index in [0.717, 1.165) is 34.2 Å². The third-order valence-electron chi connectivity index (χ3n) is 7.06. The molecule has 0 spiro atoms. The van der Waals surface area contributed by atoms with Crippen LogP contribution in [0.3, 0.4) is 0 Å². The molecule has 0 radical (unpaired) electrons. The smallest absolute Gasteiger partial charge is 0.328 e. The molecule has 12 heteroatoms. The minimum atomic E-state index is -1.12. The second-order valence-electron chi connectivity index (χ2n) is 10.4. The maximum atomic E-state index is 13.3. The number of likely N-dealkylation sites (tertiary alicyclic amines) is 1. The van der Waals surface area contributed by atoms with Crippen LogP contribution in [0.5, 0.6) is 0 Å². The van der Waals surface area contributed by atoms with Crippen molar-refractivity contribution in [1.29, 1.82) is 0 Å². The summed E-state index contributed by atoms with van der Waals surface area (Å²) in [4.78, 5) is 67.1. The third kappa shape index (κ3) is 4.40. The van der Waals surface area contributed by atoms with E-state index in [2.05, 4.69) is 20.8 Å². The lowest BCUT2D eigenvalue weighted by atomic mass is 9.81. The molecule has 5 amide bonds. The van der Waals surface area contributed by atoms with Crippen LogP contribution in [0.25, 0.3) is 0 Å². The number of amides is 5. The molecular weight excluding hydrogens is 516 g/mol. The number of ether oxygens (including phenoxy) is 1. The molecular formula is C25H28N4O6S2. The Balaban J connectivity index is 1.59. The van der Waals surface area contributed by atoms with Crippen molar-refractivity contribution in [3.05, 3.63) is 49.9 Å². The summed E-state index contributed by atoms with van der Waals surface area (Å²) in [7, 11) is 0. The number of aromatic nitrogens is 1.